The largest absolute Gasteiger partial charge is 0.489 e. The van der Waals surface area contributed by atoms with Gasteiger partial charge in [-0.1, -0.05) is 30.3 Å². The first kappa shape index (κ1) is 17.8. The minimum absolute atomic E-state index is 0.0703. The molecule has 2 rings (SSSR count). The van der Waals surface area contributed by atoms with E-state index in [1.54, 1.807) is 0 Å². The Morgan fingerprint density at radius 1 is 1.08 bits per heavy atom. The van der Waals surface area contributed by atoms with Crippen molar-refractivity contribution in [1.29, 1.82) is 0 Å². The van der Waals surface area contributed by atoms with Crippen LogP contribution in [0.2, 0.25) is 0 Å². The Kier molecular flexibility index (Phi) is 7.11. The summed E-state index contributed by atoms with van der Waals surface area (Å²) >= 11 is 0. The summed E-state index contributed by atoms with van der Waals surface area (Å²) in [5.41, 5.74) is 8.26. The van der Waals surface area contributed by atoms with Gasteiger partial charge in [-0.05, 0) is 37.1 Å². The van der Waals surface area contributed by atoms with E-state index >= 15 is 0 Å². The van der Waals surface area contributed by atoms with Crippen molar-refractivity contribution >= 4 is 17.3 Å². The SMILES string of the molecule is CCOCCOc1ccccc1NC(=O)CCc1ccccc1N. The highest BCUT2D eigenvalue weighted by Crippen LogP contribution is 2.24. The fourth-order valence-electron chi connectivity index (χ4n) is 2.27. The molecule has 5 nitrogen and oxygen atoms in total. The predicted octanol–water partition coefficient (Wildman–Crippen LogP) is 3.26. The number of anilines is 2. The second-order valence-electron chi connectivity index (χ2n) is 5.29. The summed E-state index contributed by atoms with van der Waals surface area (Å²) in [5.74, 6) is 0.573. The maximum atomic E-state index is 12.2. The molecule has 0 aliphatic heterocycles. The van der Waals surface area contributed by atoms with Gasteiger partial charge in [0.05, 0.1) is 12.3 Å². The number of nitrogens with two attached hydrogens (primary N) is 1. The van der Waals surface area contributed by atoms with Gasteiger partial charge in [-0.15, -0.1) is 0 Å². The van der Waals surface area contributed by atoms with E-state index in [0.717, 1.165) is 5.56 Å². The van der Waals surface area contributed by atoms with Gasteiger partial charge in [0.25, 0.3) is 0 Å². The van der Waals surface area contributed by atoms with Crippen LogP contribution in [0, 0.1) is 0 Å². The van der Waals surface area contributed by atoms with Crippen molar-refractivity contribution < 1.29 is 14.3 Å². The number of hydrogen-bond donors (Lipinski definition) is 2. The number of para-hydroxylation sites is 3. The number of amides is 1. The topological polar surface area (TPSA) is 73.6 Å². The lowest BCUT2D eigenvalue weighted by Crippen LogP contribution is -2.14. The van der Waals surface area contributed by atoms with Crippen LogP contribution in [-0.2, 0) is 16.0 Å². The molecule has 0 bridgehead atoms. The van der Waals surface area contributed by atoms with Crippen molar-refractivity contribution in [3.05, 3.63) is 54.1 Å². The van der Waals surface area contributed by atoms with E-state index in [0.29, 0.717) is 49.8 Å². The van der Waals surface area contributed by atoms with Gasteiger partial charge in [0.2, 0.25) is 5.91 Å². The van der Waals surface area contributed by atoms with E-state index in [1.807, 2.05) is 55.5 Å². The quantitative estimate of drug-likeness (QED) is 0.547. The molecule has 0 unspecified atom stereocenters. The third-order valence-corrected chi connectivity index (χ3v) is 3.53. The number of ether oxygens (including phenoxy) is 2. The van der Waals surface area contributed by atoms with E-state index in [4.69, 9.17) is 15.2 Å². The number of carbonyl (C=O) groups excluding carboxylic acids is 1. The van der Waals surface area contributed by atoms with Crippen molar-refractivity contribution in [3.8, 4) is 5.75 Å². The van der Waals surface area contributed by atoms with Crippen LogP contribution in [0.25, 0.3) is 0 Å². The Hall–Kier alpha value is -2.53. The Bertz CT molecular complexity index is 659. The minimum atomic E-state index is -0.0703. The van der Waals surface area contributed by atoms with Crippen LogP contribution < -0.4 is 15.8 Å². The number of hydrogen-bond acceptors (Lipinski definition) is 4. The molecule has 5 heteroatoms. The van der Waals surface area contributed by atoms with Crippen molar-refractivity contribution in [3.63, 3.8) is 0 Å². The lowest BCUT2D eigenvalue weighted by Gasteiger charge is -2.12. The van der Waals surface area contributed by atoms with Gasteiger partial charge in [-0.2, -0.15) is 0 Å². The molecule has 3 N–H and O–H groups in total. The zero-order valence-corrected chi connectivity index (χ0v) is 14.0. The first-order chi connectivity index (χ1) is 11.7. The van der Waals surface area contributed by atoms with E-state index in [-0.39, 0.29) is 5.91 Å². The number of nitrogen functional groups attached to an aromatic ring is 1. The number of nitrogens with one attached hydrogen (secondary N) is 1. The molecular weight excluding hydrogens is 304 g/mol. The molecule has 2 aromatic rings. The molecule has 0 spiro atoms. The van der Waals surface area contributed by atoms with Gasteiger partial charge in [0, 0.05) is 18.7 Å². The maximum absolute atomic E-state index is 12.2. The second kappa shape index (κ2) is 9.57. The zero-order valence-electron chi connectivity index (χ0n) is 14.0. The highest BCUT2D eigenvalue weighted by atomic mass is 16.5. The van der Waals surface area contributed by atoms with Crippen LogP contribution in [0.3, 0.4) is 0 Å². The molecule has 128 valence electrons. The Morgan fingerprint density at radius 2 is 1.83 bits per heavy atom. The monoisotopic (exact) mass is 328 g/mol. The smallest absolute Gasteiger partial charge is 0.224 e. The fraction of sp³-hybridized carbons (Fsp3) is 0.316. The highest BCUT2D eigenvalue weighted by Gasteiger charge is 2.08. The molecule has 0 atom stereocenters. The van der Waals surface area contributed by atoms with Gasteiger partial charge < -0.3 is 20.5 Å². The van der Waals surface area contributed by atoms with E-state index < -0.39 is 0 Å². The summed E-state index contributed by atoms with van der Waals surface area (Å²) in [6.45, 7) is 3.56. The average Bonchev–Trinajstić information content (AvgIpc) is 2.59. The summed E-state index contributed by atoms with van der Waals surface area (Å²) in [5, 5.41) is 2.90. The Morgan fingerprint density at radius 3 is 2.62 bits per heavy atom. The van der Waals surface area contributed by atoms with Crippen molar-refractivity contribution in [2.24, 2.45) is 0 Å². The number of benzene rings is 2. The Balaban J connectivity index is 1.88. The molecule has 2 aromatic carbocycles. The first-order valence-electron chi connectivity index (χ1n) is 8.13. The minimum Gasteiger partial charge on any atom is -0.489 e. The van der Waals surface area contributed by atoms with E-state index in [9.17, 15) is 4.79 Å². The third-order valence-electron chi connectivity index (χ3n) is 3.53. The number of carbonyl (C=O) groups is 1. The van der Waals surface area contributed by atoms with Gasteiger partial charge in [0.1, 0.15) is 12.4 Å². The van der Waals surface area contributed by atoms with Crippen molar-refractivity contribution in [2.75, 3.05) is 30.9 Å². The van der Waals surface area contributed by atoms with Gasteiger partial charge in [-0.3, -0.25) is 4.79 Å². The lowest BCUT2D eigenvalue weighted by atomic mass is 10.1. The normalized spacial score (nSPS) is 10.4. The molecule has 0 radical (unpaired) electrons. The highest BCUT2D eigenvalue weighted by molar-refractivity contribution is 5.92. The standard InChI is InChI=1S/C19H24N2O3/c1-2-23-13-14-24-18-10-6-5-9-17(18)21-19(22)12-11-15-7-3-4-8-16(15)20/h3-10H,2,11-14,20H2,1H3,(H,21,22). The van der Waals surface area contributed by atoms with Crippen LogP contribution in [0.1, 0.15) is 18.9 Å². The summed E-state index contributed by atoms with van der Waals surface area (Å²) in [4.78, 5) is 12.2. The third kappa shape index (κ3) is 5.59. The average molecular weight is 328 g/mol. The maximum Gasteiger partial charge on any atom is 0.224 e. The van der Waals surface area contributed by atoms with Gasteiger partial charge in [-0.25, -0.2) is 0 Å². The predicted molar refractivity (Wildman–Crippen MR) is 96.2 cm³/mol. The first-order valence-corrected chi connectivity index (χ1v) is 8.13. The van der Waals surface area contributed by atoms with Crippen molar-refractivity contribution in [2.45, 2.75) is 19.8 Å². The molecule has 0 aliphatic rings. The molecular formula is C19H24N2O3. The molecule has 0 aliphatic carbocycles. The summed E-state index contributed by atoms with van der Waals surface area (Å²) in [6, 6.07) is 15.0. The van der Waals surface area contributed by atoms with Crippen LogP contribution in [0.4, 0.5) is 11.4 Å². The van der Waals surface area contributed by atoms with Gasteiger partial charge in [0.15, 0.2) is 0 Å². The summed E-state index contributed by atoms with van der Waals surface area (Å²) in [6.07, 6.45) is 0.966. The second-order valence-corrected chi connectivity index (χ2v) is 5.29. The van der Waals surface area contributed by atoms with E-state index in [2.05, 4.69) is 5.32 Å². The summed E-state index contributed by atoms with van der Waals surface area (Å²) < 4.78 is 10.9. The van der Waals surface area contributed by atoms with Crippen LogP contribution in [0.15, 0.2) is 48.5 Å². The van der Waals surface area contributed by atoms with Crippen molar-refractivity contribution in [1.82, 2.24) is 0 Å². The van der Waals surface area contributed by atoms with Crippen LogP contribution >= 0.6 is 0 Å². The molecule has 0 heterocycles. The molecule has 1 amide bonds. The summed E-state index contributed by atoms with van der Waals surface area (Å²) in [7, 11) is 0. The molecule has 0 saturated heterocycles. The number of rotatable bonds is 9. The van der Waals surface area contributed by atoms with Gasteiger partial charge >= 0.3 is 0 Å². The molecule has 24 heavy (non-hydrogen) atoms. The lowest BCUT2D eigenvalue weighted by molar-refractivity contribution is -0.116. The van der Waals surface area contributed by atoms with Crippen LogP contribution in [0.5, 0.6) is 5.75 Å². The fourth-order valence-corrected chi connectivity index (χ4v) is 2.27. The molecule has 0 aromatic heterocycles. The van der Waals surface area contributed by atoms with Crippen LogP contribution in [-0.4, -0.2) is 25.7 Å². The molecule has 0 saturated carbocycles. The Labute approximate surface area is 142 Å². The van der Waals surface area contributed by atoms with E-state index in [1.165, 1.54) is 0 Å². The molecule has 0 fully saturated rings. The zero-order chi connectivity index (χ0) is 17.2. The number of aryl methyl sites for hydroxylation is 1.